The van der Waals surface area contributed by atoms with Gasteiger partial charge in [0.15, 0.2) is 0 Å². The number of hydrogen-bond donors (Lipinski definition) is 0. The Morgan fingerprint density at radius 2 is 0.857 bits per heavy atom. The molecule has 0 aliphatic heterocycles. The first-order valence-electron chi connectivity index (χ1n) is 0.359. The molecule has 55 valence electrons. The summed E-state index contributed by atoms with van der Waals surface area (Å²) in [6, 6.07) is 0. The van der Waals surface area contributed by atoms with Gasteiger partial charge in [-0.2, -0.15) is 0 Å². The summed E-state index contributed by atoms with van der Waals surface area (Å²) >= 11 is -1.85. The van der Waals surface area contributed by atoms with Crippen molar-refractivity contribution in [3.05, 3.63) is 12.3 Å². The number of halogens is 3. The Morgan fingerprint density at radius 3 is 0.857 bits per heavy atom. The number of hydrogen-bond acceptors (Lipinski definition) is 0. The van der Waals surface area contributed by atoms with Crippen LogP contribution in [0.15, 0.2) is 0 Å². The maximum absolute atomic E-state index is 4.96. The third-order valence-corrected chi connectivity index (χ3v) is 0. The third kappa shape index (κ3) is 106. The van der Waals surface area contributed by atoms with Crippen LogP contribution >= 0.6 is 28.3 Å². The maximum Gasteiger partial charge on any atom is -0.693 e. The molecular formula is H6Cl3N2OPt-2. The Kier molecular flexibility index (Phi) is 53.0. The van der Waals surface area contributed by atoms with Crippen molar-refractivity contribution in [2.24, 2.45) is 0 Å². The van der Waals surface area contributed by atoms with E-state index in [2.05, 4.69) is 0 Å². The zero-order chi connectivity index (χ0) is 3.58. The average Bonchev–Trinajstić information content (AvgIpc) is 0.811. The summed E-state index contributed by atoms with van der Waals surface area (Å²) in [5.74, 6) is 0. The Bertz CT molecular complexity index is 17.7. The van der Waals surface area contributed by atoms with E-state index in [0.29, 0.717) is 0 Å². The van der Waals surface area contributed by atoms with Crippen LogP contribution in [0.3, 0.4) is 0 Å². The summed E-state index contributed by atoms with van der Waals surface area (Å²) in [4.78, 5) is 0. The molecule has 0 aromatic rings. The van der Waals surface area contributed by atoms with E-state index < -0.39 is 14.2 Å². The SMILES string of the molecule is O.[Cl][Pt]([Cl])[Cl].[NH2-].[NH2-]. The predicted octanol–water partition coefficient (Wildman–Crippen LogP) is 2.68. The van der Waals surface area contributed by atoms with E-state index >= 15 is 0 Å². The van der Waals surface area contributed by atoms with Gasteiger partial charge in [-0.3, -0.25) is 0 Å². The monoisotopic (exact) mass is 350 g/mol. The first-order valence-corrected chi connectivity index (χ1v) is 8.81. The standard InChI is InChI=1S/3ClH.2H2N.H2O.Pt/h3*1H;3*1H2;/q;;;2*-1;;+3/p-3. The van der Waals surface area contributed by atoms with Crippen molar-refractivity contribution >= 4 is 28.3 Å². The molecule has 0 amide bonds. The molecule has 0 fully saturated rings. The smallest absolute Gasteiger partial charge is 0.693 e. The van der Waals surface area contributed by atoms with Gasteiger partial charge in [0.2, 0.25) is 0 Å². The fourth-order valence-corrected chi connectivity index (χ4v) is 0. The zero-order valence-electron chi connectivity index (χ0n) is 3.10. The molecule has 0 radical (unpaired) electrons. The van der Waals surface area contributed by atoms with Crippen LogP contribution in [0.25, 0.3) is 12.3 Å². The van der Waals surface area contributed by atoms with E-state index in [0.717, 1.165) is 0 Å². The predicted molar refractivity (Wildman–Crippen MR) is 31.7 cm³/mol. The average molecular weight is 351 g/mol. The van der Waals surface area contributed by atoms with Crippen LogP contribution in [0.1, 0.15) is 0 Å². The van der Waals surface area contributed by atoms with Crippen molar-refractivity contribution < 1.29 is 19.7 Å². The van der Waals surface area contributed by atoms with Crippen LogP contribution in [0.5, 0.6) is 0 Å². The molecule has 0 aromatic heterocycles. The van der Waals surface area contributed by atoms with Crippen LogP contribution in [-0.2, 0) is 14.2 Å². The van der Waals surface area contributed by atoms with Crippen molar-refractivity contribution in [3.8, 4) is 0 Å². The Hall–Kier alpha value is 1.44. The van der Waals surface area contributed by atoms with Crippen molar-refractivity contribution in [1.82, 2.24) is 0 Å². The summed E-state index contributed by atoms with van der Waals surface area (Å²) in [5.41, 5.74) is 0. The second-order valence-electron chi connectivity index (χ2n) is 0.136. The molecule has 0 heterocycles. The van der Waals surface area contributed by atoms with Gasteiger partial charge in [0, 0.05) is 0 Å². The minimum Gasteiger partial charge on any atom is -0.693 e. The summed E-state index contributed by atoms with van der Waals surface area (Å²) in [7, 11) is 14.9. The molecule has 0 aliphatic carbocycles. The molecule has 0 aromatic carbocycles. The van der Waals surface area contributed by atoms with Gasteiger partial charge in [0.1, 0.15) is 0 Å². The Balaban J connectivity index is -0.0000000150. The van der Waals surface area contributed by atoms with Gasteiger partial charge in [-0.05, 0) is 0 Å². The van der Waals surface area contributed by atoms with Crippen molar-refractivity contribution in [1.29, 1.82) is 0 Å². The third-order valence-electron chi connectivity index (χ3n) is 0. The molecule has 6 N–H and O–H groups in total. The molecule has 0 saturated heterocycles. The normalized spacial score (nSPS) is 6.43. The maximum atomic E-state index is 4.96. The van der Waals surface area contributed by atoms with Gasteiger partial charge in [-0.25, -0.2) is 0 Å². The van der Waals surface area contributed by atoms with E-state index in [4.69, 9.17) is 28.3 Å². The molecule has 0 unspecified atom stereocenters. The molecule has 0 aliphatic rings. The zero-order valence-corrected chi connectivity index (χ0v) is 7.64. The number of rotatable bonds is 0. The molecule has 7 heavy (non-hydrogen) atoms. The van der Waals surface area contributed by atoms with Gasteiger partial charge in [-0.15, -0.1) is 0 Å². The first-order chi connectivity index (χ1) is 1.73. The first kappa shape index (κ1) is 23.7. The minimum absolute atomic E-state index is 0. The van der Waals surface area contributed by atoms with E-state index in [9.17, 15) is 0 Å². The van der Waals surface area contributed by atoms with Crippen LogP contribution in [0, 0.1) is 0 Å². The van der Waals surface area contributed by atoms with Crippen molar-refractivity contribution in [2.45, 2.75) is 0 Å². The summed E-state index contributed by atoms with van der Waals surface area (Å²) in [5, 5.41) is 0. The van der Waals surface area contributed by atoms with Crippen LogP contribution in [0.4, 0.5) is 0 Å². The van der Waals surface area contributed by atoms with E-state index in [1.165, 1.54) is 0 Å². The Morgan fingerprint density at radius 1 is 0.857 bits per heavy atom. The fourth-order valence-electron chi connectivity index (χ4n) is 0. The topological polar surface area (TPSA) is 98.5 Å². The van der Waals surface area contributed by atoms with Crippen LogP contribution in [0.2, 0.25) is 0 Å². The molecule has 0 rings (SSSR count). The van der Waals surface area contributed by atoms with Gasteiger partial charge >= 0.3 is 42.4 Å². The quantitative estimate of drug-likeness (QED) is 0.641. The van der Waals surface area contributed by atoms with E-state index in [1.807, 2.05) is 0 Å². The van der Waals surface area contributed by atoms with Gasteiger partial charge < -0.3 is 17.8 Å². The van der Waals surface area contributed by atoms with Crippen LogP contribution in [-0.4, -0.2) is 5.48 Å². The summed E-state index contributed by atoms with van der Waals surface area (Å²) in [6.07, 6.45) is 0. The van der Waals surface area contributed by atoms with E-state index in [-0.39, 0.29) is 17.8 Å². The van der Waals surface area contributed by atoms with Crippen LogP contribution < -0.4 is 0 Å². The molecule has 7 heteroatoms. The van der Waals surface area contributed by atoms with Gasteiger partial charge in [0.05, 0.1) is 0 Å². The summed E-state index contributed by atoms with van der Waals surface area (Å²) in [6.45, 7) is 0. The second kappa shape index (κ2) is 15.7. The molecule has 0 saturated carbocycles. The largest absolute Gasteiger partial charge is 0.693 e. The molecule has 3 nitrogen and oxygen atoms in total. The molecule has 0 bridgehead atoms. The summed E-state index contributed by atoms with van der Waals surface area (Å²) < 4.78 is 0. The van der Waals surface area contributed by atoms with Crippen molar-refractivity contribution in [2.75, 3.05) is 0 Å². The molecule has 0 atom stereocenters. The van der Waals surface area contributed by atoms with Gasteiger partial charge in [-0.1, -0.05) is 0 Å². The molecule has 0 spiro atoms. The number of nitrogens with two attached hydrogens (primary N) is 2. The fraction of sp³-hybridized carbons (Fsp3) is 0. The van der Waals surface area contributed by atoms with Crippen molar-refractivity contribution in [3.63, 3.8) is 0 Å². The van der Waals surface area contributed by atoms with Gasteiger partial charge in [0.25, 0.3) is 0 Å². The minimum atomic E-state index is -1.85. The Labute approximate surface area is 60.1 Å². The second-order valence-corrected chi connectivity index (χ2v) is 9.98. The molecular weight excluding hydrogens is 345 g/mol. The van der Waals surface area contributed by atoms with E-state index in [1.54, 1.807) is 0 Å².